The number of nitrogens with zero attached hydrogens (tertiary/aromatic N) is 3. The second-order valence-electron chi connectivity index (χ2n) is 5.97. The summed E-state index contributed by atoms with van der Waals surface area (Å²) in [6.07, 6.45) is 0. The molecule has 1 aliphatic rings. The van der Waals surface area contributed by atoms with Gasteiger partial charge in [0.05, 0.1) is 6.04 Å². The monoisotopic (exact) mass is 386 g/mol. The quantitative estimate of drug-likeness (QED) is 0.669. The number of Topliss-reactive ketones (excluding diaryl/α,β-unsaturated/α-hetero) is 1. The molecule has 3 aromatic rings. The normalized spacial score (nSPS) is 18.8. The van der Waals surface area contributed by atoms with Crippen molar-refractivity contribution in [1.82, 2.24) is 14.9 Å². The lowest BCUT2D eigenvalue weighted by Crippen LogP contribution is -2.39. The van der Waals surface area contributed by atoms with Gasteiger partial charge in [-0.25, -0.2) is 4.68 Å². The molecular weight excluding hydrogens is 372 g/mol. The van der Waals surface area contributed by atoms with E-state index in [1.807, 2.05) is 6.92 Å². The Balaban J connectivity index is 1.74. The first-order valence-electron chi connectivity index (χ1n) is 7.97. The highest BCUT2D eigenvalue weighted by atomic mass is 35.5. The van der Waals surface area contributed by atoms with Gasteiger partial charge in [-0.1, -0.05) is 35.5 Å². The summed E-state index contributed by atoms with van der Waals surface area (Å²) in [5.41, 5.74) is 4.81. The molecule has 0 amide bonds. The molecule has 132 valence electrons. The Morgan fingerprint density at radius 3 is 2.54 bits per heavy atom. The molecule has 1 aliphatic heterocycles. The van der Waals surface area contributed by atoms with E-state index in [0.29, 0.717) is 21.6 Å². The van der Waals surface area contributed by atoms with Crippen LogP contribution in [0.4, 0.5) is 0 Å². The van der Waals surface area contributed by atoms with Crippen LogP contribution in [0.3, 0.4) is 0 Å². The first kappa shape index (κ1) is 16.9. The van der Waals surface area contributed by atoms with Crippen LogP contribution in [0.5, 0.6) is 5.75 Å². The molecule has 1 aromatic heterocycles. The third-order valence-corrected chi connectivity index (χ3v) is 5.71. The van der Waals surface area contributed by atoms with E-state index in [1.165, 1.54) is 11.8 Å². The third-order valence-electron chi connectivity index (χ3n) is 4.24. The van der Waals surface area contributed by atoms with Crippen molar-refractivity contribution >= 4 is 29.1 Å². The molecule has 2 heterocycles. The van der Waals surface area contributed by atoms with Crippen molar-refractivity contribution in [2.24, 2.45) is 0 Å². The molecule has 26 heavy (non-hydrogen) atoms. The Hall–Kier alpha value is -2.51. The third kappa shape index (κ3) is 3.04. The minimum absolute atomic E-state index is 0.0239. The number of phenols is 1. The molecule has 8 heteroatoms. The van der Waals surface area contributed by atoms with Crippen LogP contribution in [0.2, 0.25) is 5.02 Å². The second-order valence-corrected chi connectivity index (χ2v) is 7.52. The summed E-state index contributed by atoms with van der Waals surface area (Å²) in [6, 6.07) is 13.4. The minimum Gasteiger partial charge on any atom is -0.508 e. The average molecular weight is 387 g/mol. The van der Waals surface area contributed by atoms with E-state index < -0.39 is 5.25 Å². The molecule has 0 fully saturated rings. The summed E-state index contributed by atoms with van der Waals surface area (Å²) in [4.78, 5) is 13.2. The van der Waals surface area contributed by atoms with Crippen LogP contribution >= 0.6 is 23.4 Å². The zero-order chi connectivity index (χ0) is 18.3. The Morgan fingerprint density at radius 2 is 1.85 bits per heavy atom. The fraction of sp³-hybridized carbons (Fsp3) is 0.167. The van der Waals surface area contributed by atoms with Crippen molar-refractivity contribution in [2.45, 2.75) is 23.4 Å². The van der Waals surface area contributed by atoms with Crippen LogP contribution in [0.1, 0.15) is 27.8 Å². The molecule has 0 aliphatic carbocycles. The lowest BCUT2D eigenvalue weighted by atomic mass is 9.97. The van der Waals surface area contributed by atoms with Gasteiger partial charge in [0.2, 0.25) is 5.16 Å². The van der Waals surface area contributed by atoms with Crippen molar-refractivity contribution in [2.75, 3.05) is 5.43 Å². The molecule has 4 rings (SSSR count). The standard InChI is InChI=1S/C18H15ClN4O2S/c1-10-20-21-18-23(10)22-15(11-4-8-14(24)9-5-11)17(26-18)16(25)12-2-6-13(19)7-3-12/h2-9,15,17,22,24H,1H3. The molecule has 2 N–H and O–H groups in total. The number of thioether (sulfide) groups is 1. The Labute approximate surface area is 159 Å². The van der Waals surface area contributed by atoms with E-state index in [1.54, 1.807) is 53.2 Å². The number of carbonyl (C=O) groups is 1. The molecule has 0 bridgehead atoms. The number of aromatic nitrogens is 3. The summed E-state index contributed by atoms with van der Waals surface area (Å²) < 4.78 is 1.79. The maximum absolute atomic E-state index is 13.2. The van der Waals surface area contributed by atoms with Crippen molar-refractivity contribution in [3.63, 3.8) is 0 Å². The molecule has 2 aromatic carbocycles. The van der Waals surface area contributed by atoms with E-state index in [-0.39, 0.29) is 17.6 Å². The van der Waals surface area contributed by atoms with Gasteiger partial charge in [0.1, 0.15) is 16.8 Å². The maximum atomic E-state index is 13.2. The predicted molar refractivity (Wildman–Crippen MR) is 100 cm³/mol. The number of hydrogen-bond donors (Lipinski definition) is 2. The molecule has 2 unspecified atom stereocenters. The predicted octanol–water partition coefficient (Wildman–Crippen LogP) is 3.59. The van der Waals surface area contributed by atoms with Gasteiger partial charge in [0.15, 0.2) is 5.78 Å². The lowest BCUT2D eigenvalue weighted by Gasteiger charge is -2.32. The van der Waals surface area contributed by atoms with E-state index >= 15 is 0 Å². The van der Waals surface area contributed by atoms with Gasteiger partial charge < -0.3 is 10.5 Å². The molecule has 0 saturated carbocycles. The highest BCUT2D eigenvalue weighted by Gasteiger charge is 2.37. The average Bonchev–Trinajstić information content (AvgIpc) is 3.02. The summed E-state index contributed by atoms with van der Waals surface area (Å²) in [5.74, 6) is 0.872. The van der Waals surface area contributed by atoms with Crippen LogP contribution < -0.4 is 5.43 Å². The summed E-state index contributed by atoms with van der Waals surface area (Å²) in [5, 5.41) is 18.6. The Bertz CT molecular complexity index is 956. The number of aryl methyl sites for hydroxylation is 1. The van der Waals surface area contributed by atoms with Gasteiger partial charge >= 0.3 is 0 Å². The van der Waals surface area contributed by atoms with E-state index in [9.17, 15) is 9.90 Å². The van der Waals surface area contributed by atoms with Crippen molar-refractivity contribution in [3.8, 4) is 5.75 Å². The van der Waals surface area contributed by atoms with Crippen molar-refractivity contribution in [1.29, 1.82) is 0 Å². The summed E-state index contributed by atoms with van der Waals surface area (Å²) in [7, 11) is 0. The number of halogens is 1. The van der Waals surface area contributed by atoms with Gasteiger partial charge in [-0.05, 0) is 48.9 Å². The van der Waals surface area contributed by atoms with Crippen LogP contribution in [-0.4, -0.2) is 31.0 Å². The van der Waals surface area contributed by atoms with E-state index in [0.717, 1.165) is 5.56 Å². The van der Waals surface area contributed by atoms with Gasteiger partial charge in [-0.2, -0.15) is 0 Å². The number of aromatic hydroxyl groups is 1. The fourth-order valence-electron chi connectivity index (χ4n) is 2.87. The van der Waals surface area contributed by atoms with Gasteiger partial charge in [-0.15, -0.1) is 10.2 Å². The number of carbonyl (C=O) groups excluding carboxylic acids is 1. The molecular formula is C18H15ClN4O2S. The zero-order valence-corrected chi connectivity index (χ0v) is 15.3. The number of ketones is 1. The SMILES string of the molecule is Cc1nnc2n1NC(c1ccc(O)cc1)C(C(=O)c1ccc(Cl)cc1)S2. The van der Waals surface area contributed by atoms with Crippen LogP contribution in [0.25, 0.3) is 0 Å². The van der Waals surface area contributed by atoms with Gasteiger partial charge in [0, 0.05) is 10.6 Å². The lowest BCUT2D eigenvalue weighted by molar-refractivity contribution is 0.0980. The number of hydrogen-bond acceptors (Lipinski definition) is 6. The minimum atomic E-state index is -0.434. The molecule has 0 radical (unpaired) electrons. The second kappa shape index (κ2) is 6.66. The molecule has 2 atom stereocenters. The Morgan fingerprint density at radius 1 is 1.15 bits per heavy atom. The van der Waals surface area contributed by atoms with Crippen LogP contribution in [0.15, 0.2) is 53.7 Å². The fourth-order valence-corrected chi connectivity index (χ4v) is 4.20. The number of fused-ring (bicyclic) bond motifs is 1. The number of rotatable bonds is 3. The van der Waals surface area contributed by atoms with Gasteiger partial charge in [0.25, 0.3) is 0 Å². The first-order valence-corrected chi connectivity index (χ1v) is 9.22. The molecule has 6 nitrogen and oxygen atoms in total. The largest absolute Gasteiger partial charge is 0.508 e. The highest BCUT2D eigenvalue weighted by Crippen LogP contribution is 2.38. The number of phenolic OH excluding ortho intramolecular Hbond substituents is 1. The number of nitrogens with one attached hydrogen (secondary N) is 1. The van der Waals surface area contributed by atoms with Gasteiger partial charge in [-0.3, -0.25) is 4.79 Å². The first-order chi connectivity index (χ1) is 12.5. The topological polar surface area (TPSA) is 80.0 Å². The number of benzene rings is 2. The summed E-state index contributed by atoms with van der Waals surface area (Å²) >= 11 is 7.31. The molecule has 0 spiro atoms. The van der Waals surface area contributed by atoms with Crippen molar-refractivity contribution in [3.05, 3.63) is 70.5 Å². The van der Waals surface area contributed by atoms with Crippen LogP contribution in [-0.2, 0) is 0 Å². The van der Waals surface area contributed by atoms with E-state index in [4.69, 9.17) is 11.6 Å². The zero-order valence-electron chi connectivity index (χ0n) is 13.8. The maximum Gasteiger partial charge on any atom is 0.210 e. The smallest absolute Gasteiger partial charge is 0.210 e. The molecule has 0 saturated heterocycles. The highest BCUT2D eigenvalue weighted by molar-refractivity contribution is 8.00. The van der Waals surface area contributed by atoms with Crippen molar-refractivity contribution < 1.29 is 9.90 Å². The van der Waals surface area contributed by atoms with Crippen LogP contribution in [0, 0.1) is 6.92 Å². The van der Waals surface area contributed by atoms with E-state index in [2.05, 4.69) is 15.6 Å². The summed E-state index contributed by atoms with van der Waals surface area (Å²) in [6.45, 7) is 1.85. The Kier molecular flexibility index (Phi) is 4.34.